The van der Waals surface area contributed by atoms with Crippen molar-refractivity contribution in [2.45, 2.75) is 55.9 Å². The van der Waals surface area contributed by atoms with Gasteiger partial charge in [-0.2, -0.15) is 5.26 Å². The van der Waals surface area contributed by atoms with Crippen LogP contribution in [0.5, 0.6) is 0 Å². The average Bonchev–Trinajstić information content (AvgIpc) is 2.21. The molecule has 0 saturated heterocycles. The first-order valence-corrected chi connectivity index (χ1v) is 6.36. The highest BCUT2D eigenvalue weighted by Gasteiger charge is 2.25. The summed E-state index contributed by atoms with van der Waals surface area (Å²) in [5, 5.41) is 8.85. The van der Waals surface area contributed by atoms with Crippen LogP contribution in [0.2, 0.25) is 0 Å². The smallest absolute Gasteiger partial charge is 0.121 e. The number of nitrogens with zero attached hydrogens (tertiary/aromatic N) is 1. The lowest BCUT2D eigenvalue weighted by molar-refractivity contribution is 0.503. The second-order valence-corrected chi connectivity index (χ2v) is 5.51. The molecule has 1 rings (SSSR count). The van der Waals surface area contributed by atoms with Gasteiger partial charge in [0.25, 0.3) is 0 Å². The zero-order valence-corrected chi connectivity index (χ0v) is 8.98. The Morgan fingerprint density at radius 3 is 2.54 bits per heavy atom. The van der Waals surface area contributed by atoms with Crippen molar-refractivity contribution in [2.75, 3.05) is 0 Å². The highest BCUT2D eigenvalue weighted by molar-refractivity contribution is 7.86. The van der Waals surface area contributed by atoms with Gasteiger partial charge in [-0.25, -0.2) is 0 Å². The summed E-state index contributed by atoms with van der Waals surface area (Å²) in [6, 6.07) is 2.15. The van der Waals surface area contributed by atoms with Crippen LogP contribution < -0.4 is 0 Å². The molecule has 1 aliphatic rings. The molecule has 2 nitrogen and oxygen atoms in total. The molecule has 1 aliphatic carbocycles. The molecule has 1 saturated carbocycles. The Morgan fingerprint density at radius 2 is 2.08 bits per heavy atom. The van der Waals surface area contributed by atoms with Crippen molar-refractivity contribution >= 4 is 10.8 Å². The largest absolute Gasteiger partial charge is 0.258 e. The fourth-order valence-corrected chi connectivity index (χ4v) is 3.53. The zero-order valence-electron chi connectivity index (χ0n) is 8.16. The third kappa shape index (κ3) is 2.80. The van der Waals surface area contributed by atoms with Gasteiger partial charge in [-0.1, -0.05) is 26.2 Å². The van der Waals surface area contributed by atoms with Crippen molar-refractivity contribution in [3.05, 3.63) is 0 Å². The van der Waals surface area contributed by atoms with Crippen LogP contribution in [0.25, 0.3) is 0 Å². The highest BCUT2D eigenvalue weighted by atomic mass is 32.2. The second kappa shape index (κ2) is 5.39. The van der Waals surface area contributed by atoms with Crippen LogP contribution in [0.15, 0.2) is 0 Å². The molecule has 0 radical (unpaired) electrons. The summed E-state index contributed by atoms with van der Waals surface area (Å²) in [7, 11) is -0.905. The maximum Gasteiger partial charge on any atom is 0.121 e. The third-order valence-electron chi connectivity index (χ3n) is 2.68. The van der Waals surface area contributed by atoms with Crippen LogP contribution >= 0.6 is 0 Å². The standard InChI is InChI=1S/C10H17NOS/c1-2-9(8-11)13(12)10-6-4-3-5-7-10/h9-10H,2-7H2,1H3. The molecule has 2 unspecified atom stereocenters. The van der Waals surface area contributed by atoms with Crippen LogP contribution in [0.4, 0.5) is 0 Å². The third-order valence-corrected chi connectivity index (χ3v) is 4.80. The van der Waals surface area contributed by atoms with Gasteiger partial charge in [0.1, 0.15) is 5.25 Å². The van der Waals surface area contributed by atoms with Crippen molar-refractivity contribution in [3.63, 3.8) is 0 Å². The minimum Gasteiger partial charge on any atom is -0.258 e. The zero-order chi connectivity index (χ0) is 9.68. The van der Waals surface area contributed by atoms with Gasteiger partial charge in [-0.3, -0.25) is 4.21 Å². The molecule has 74 valence electrons. The lowest BCUT2D eigenvalue weighted by Crippen LogP contribution is -2.26. The molecule has 0 N–H and O–H groups in total. The first-order valence-electron chi connectivity index (χ1n) is 5.08. The predicted molar refractivity (Wildman–Crippen MR) is 54.7 cm³/mol. The van der Waals surface area contributed by atoms with E-state index in [-0.39, 0.29) is 5.25 Å². The molecule has 0 aliphatic heterocycles. The Hall–Kier alpha value is -0.360. The molecule has 0 amide bonds. The van der Waals surface area contributed by atoms with Crippen molar-refractivity contribution in [1.82, 2.24) is 0 Å². The van der Waals surface area contributed by atoms with E-state index in [9.17, 15) is 4.21 Å². The van der Waals surface area contributed by atoms with Gasteiger partial charge in [0.15, 0.2) is 0 Å². The minimum atomic E-state index is -0.905. The van der Waals surface area contributed by atoms with Crippen molar-refractivity contribution in [1.29, 1.82) is 5.26 Å². The Balaban J connectivity index is 2.50. The quantitative estimate of drug-likeness (QED) is 0.700. The van der Waals surface area contributed by atoms with Crippen LogP contribution in [0.1, 0.15) is 45.4 Å². The van der Waals surface area contributed by atoms with Crippen LogP contribution in [-0.4, -0.2) is 14.7 Å². The Labute approximate surface area is 82.8 Å². The molecule has 0 bridgehead atoms. The van der Waals surface area contributed by atoms with Gasteiger partial charge >= 0.3 is 0 Å². The summed E-state index contributed by atoms with van der Waals surface area (Å²) < 4.78 is 11.8. The van der Waals surface area contributed by atoms with Gasteiger partial charge in [0.05, 0.1) is 6.07 Å². The highest BCUT2D eigenvalue weighted by Crippen LogP contribution is 2.24. The van der Waals surface area contributed by atoms with Gasteiger partial charge in [-0.05, 0) is 19.3 Å². The molecular formula is C10H17NOS. The topological polar surface area (TPSA) is 40.9 Å². The Kier molecular flexibility index (Phi) is 4.44. The first-order chi connectivity index (χ1) is 6.29. The molecule has 0 aromatic carbocycles. The van der Waals surface area contributed by atoms with Gasteiger partial charge in [0, 0.05) is 16.0 Å². The summed E-state index contributed by atoms with van der Waals surface area (Å²) in [5.74, 6) is 0. The van der Waals surface area contributed by atoms with E-state index >= 15 is 0 Å². The van der Waals surface area contributed by atoms with Crippen molar-refractivity contribution in [3.8, 4) is 6.07 Å². The van der Waals surface area contributed by atoms with Crippen LogP contribution in [0, 0.1) is 11.3 Å². The Bertz CT molecular complexity index is 215. The molecule has 13 heavy (non-hydrogen) atoms. The van der Waals surface area contributed by atoms with E-state index in [0.717, 1.165) is 19.3 Å². The van der Waals surface area contributed by atoms with E-state index in [0.29, 0.717) is 5.25 Å². The SMILES string of the molecule is CCC(C#N)S(=O)C1CCCCC1. The van der Waals surface area contributed by atoms with Crippen LogP contribution in [0.3, 0.4) is 0 Å². The lowest BCUT2D eigenvalue weighted by atomic mass is 10.0. The van der Waals surface area contributed by atoms with E-state index < -0.39 is 10.8 Å². The summed E-state index contributed by atoms with van der Waals surface area (Å²) in [6.45, 7) is 1.94. The molecule has 3 heteroatoms. The maximum absolute atomic E-state index is 11.8. The van der Waals surface area contributed by atoms with Crippen LogP contribution in [-0.2, 0) is 10.8 Å². The lowest BCUT2D eigenvalue weighted by Gasteiger charge is -2.22. The minimum absolute atomic E-state index is 0.233. The fraction of sp³-hybridized carbons (Fsp3) is 0.900. The van der Waals surface area contributed by atoms with E-state index in [4.69, 9.17) is 5.26 Å². The summed E-state index contributed by atoms with van der Waals surface area (Å²) >= 11 is 0. The normalized spacial score (nSPS) is 23.4. The fourth-order valence-electron chi connectivity index (χ4n) is 1.84. The van der Waals surface area contributed by atoms with Gasteiger partial charge in [0.2, 0.25) is 0 Å². The van der Waals surface area contributed by atoms with Crippen molar-refractivity contribution in [2.24, 2.45) is 0 Å². The molecule has 0 aromatic heterocycles. The Morgan fingerprint density at radius 1 is 1.46 bits per heavy atom. The van der Waals surface area contributed by atoms with Gasteiger partial charge < -0.3 is 0 Å². The molecule has 0 aromatic rings. The van der Waals surface area contributed by atoms with E-state index in [1.807, 2.05) is 6.92 Å². The molecule has 0 heterocycles. The van der Waals surface area contributed by atoms with Crippen molar-refractivity contribution < 1.29 is 4.21 Å². The number of rotatable bonds is 3. The second-order valence-electron chi connectivity index (χ2n) is 3.61. The molecular weight excluding hydrogens is 182 g/mol. The van der Waals surface area contributed by atoms with Gasteiger partial charge in [-0.15, -0.1) is 0 Å². The molecule has 1 fully saturated rings. The maximum atomic E-state index is 11.8. The average molecular weight is 199 g/mol. The summed E-state index contributed by atoms with van der Waals surface area (Å²) in [4.78, 5) is 0. The molecule has 2 atom stereocenters. The predicted octanol–water partition coefficient (Wildman–Crippen LogP) is 2.37. The van der Waals surface area contributed by atoms with E-state index in [1.54, 1.807) is 0 Å². The molecule has 0 spiro atoms. The summed E-state index contributed by atoms with van der Waals surface area (Å²) in [5.41, 5.74) is 0. The van der Waals surface area contributed by atoms with E-state index in [1.165, 1.54) is 19.3 Å². The monoisotopic (exact) mass is 199 g/mol. The number of hydrogen-bond acceptors (Lipinski definition) is 2. The van der Waals surface area contributed by atoms with E-state index in [2.05, 4.69) is 6.07 Å². The number of nitriles is 1. The number of hydrogen-bond donors (Lipinski definition) is 0. The summed E-state index contributed by atoms with van der Waals surface area (Å²) in [6.07, 6.45) is 6.50. The first kappa shape index (κ1) is 10.7.